The summed E-state index contributed by atoms with van der Waals surface area (Å²) in [5.74, 6) is 0.851. The fourth-order valence-electron chi connectivity index (χ4n) is 2.38. The summed E-state index contributed by atoms with van der Waals surface area (Å²) in [5, 5.41) is 20.1. The van der Waals surface area contributed by atoms with Gasteiger partial charge in [0.25, 0.3) is 0 Å². The maximum absolute atomic E-state index is 8.87. The van der Waals surface area contributed by atoms with Gasteiger partial charge in [-0.2, -0.15) is 10.4 Å². The van der Waals surface area contributed by atoms with Gasteiger partial charge in [-0.05, 0) is 12.1 Å². The van der Waals surface area contributed by atoms with Gasteiger partial charge in [-0.25, -0.2) is 0 Å². The normalized spacial score (nSPS) is 13.6. The maximum Gasteiger partial charge on any atom is 0.157 e. The molecule has 0 saturated carbocycles. The van der Waals surface area contributed by atoms with Gasteiger partial charge < -0.3 is 10.6 Å². The third-order valence-electron chi connectivity index (χ3n) is 3.26. The number of anilines is 2. The van der Waals surface area contributed by atoms with Crippen molar-refractivity contribution >= 4 is 11.5 Å². The molecule has 1 aromatic carbocycles. The van der Waals surface area contributed by atoms with E-state index in [0.717, 1.165) is 31.0 Å². The van der Waals surface area contributed by atoms with Crippen LogP contribution in [0.5, 0.6) is 0 Å². The quantitative estimate of drug-likeness (QED) is 0.875. The number of nitriles is 1. The molecule has 0 radical (unpaired) electrons. The minimum atomic E-state index is 0.304. The Morgan fingerprint density at radius 2 is 2.21 bits per heavy atom. The van der Waals surface area contributed by atoms with Gasteiger partial charge in [0.05, 0.1) is 6.07 Å². The van der Waals surface area contributed by atoms with Crippen molar-refractivity contribution in [1.82, 2.24) is 15.1 Å². The molecule has 0 amide bonds. The van der Waals surface area contributed by atoms with E-state index in [4.69, 9.17) is 5.26 Å². The number of hydrogen-bond acceptors (Lipinski definition) is 4. The van der Waals surface area contributed by atoms with Crippen molar-refractivity contribution in [2.75, 3.05) is 11.9 Å². The number of rotatable bonds is 3. The van der Waals surface area contributed by atoms with E-state index < -0.39 is 0 Å². The molecule has 0 unspecified atom stereocenters. The van der Waals surface area contributed by atoms with Gasteiger partial charge in [0.15, 0.2) is 5.82 Å². The molecule has 3 rings (SSSR count). The standard InChI is InChI=1S/C14H15N5/c15-7-9-19-13-6-8-16-10-12(13)14(18-19)17-11-4-2-1-3-5-11/h1-5,16H,6,8-10H2,(H,17,18). The Balaban J connectivity index is 1.95. The molecule has 1 aliphatic heterocycles. The van der Waals surface area contributed by atoms with Crippen molar-refractivity contribution in [2.24, 2.45) is 0 Å². The lowest BCUT2D eigenvalue weighted by atomic mass is 10.1. The van der Waals surface area contributed by atoms with Crippen LogP contribution in [-0.4, -0.2) is 16.3 Å². The largest absolute Gasteiger partial charge is 0.338 e. The van der Waals surface area contributed by atoms with Crippen LogP contribution in [0.3, 0.4) is 0 Å². The van der Waals surface area contributed by atoms with Crippen LogP contribution in [0.1, 0.15) is 11.3 Å². The van der Waals surface area contributed by atoms with Gasteiger partial charge in [-0.3, -0.25) is 4.68 Å². The Kier molecular flexibility index (Phi) is 3.17. The van der Waals surface area contributed by atoms with Gasteiger partial charge in [-0.15, -0.1) is 0 Å². The lowest BCUT2D eigenvalue weighted by molar-refractivity contribution is 0.590. The average Bonchev–Trinajstić information content (AvgIpc) is 2.79. The zero-order chi connectivity index (χ0) is 13.1. The van der Waals surface area contributed by atoms with E-state index in [9.17, 15) is 0 Å². The van der Waals surface area contributed by atoms with Crippen LogP contribution >= 0.6 is 0 Å². The smallest absolute Gasteiger partial charge is 0.157 e. The van der Waals surface area contributed by atoms with Gasteiger partial charge in [0.1, 0.15) is 6.54 Å². The molecule has 0 saturated heterocycles. The number of nitrogens with one attached hydrogen (secondary N) is 2. The predicted molar refractivity (Wildman–Crippen MR) is 73.0 cm³/mol. The van der Waals surface area contributed by atoms with E-state index >= 15 is 0 Å². The zero-order valence-corrected chi connectivity index (χ0v) is 10.6. The van der Waals surface area contributed by atoms with E-state index in [2.05, 4.69) is 21.8 Å². The van der Waals surface area contributed by atoms with E-state index in [0.29, 0.717) is 6.54 Å². The van der Waals surface area contributed by atoms with E-state index in [1.54, 1.807) is 4.68 Å². The molecule has 96 valence electrons. The molecule has 0 atom stereocenters. The number of para-hydroxylation sites is 1. The highest BCUT2D eigenvalue weighted by molar-refractivity contribution is 5.60. The summed E-state index contributed by atoms with van der Waals surface area (Å²) >= 11 is 0. The molecule has 0 spiro atoms. The molecule has 5 heteroatoms. The summed E-state index contributed by atoms with van der Waals surface area (Å²) in [6, 6.07) is 12.1. The molecular formula is C14H15N5. The minimum absolute atomic E-state index is 0.304. The third kappa shape index (κ3) is 2.30. The summed E-state index contributed by atoms with van der Waals surface area (Å²) in [6.45, 7) is 2.05. The van der Waals surface area contributed by atoms with Crippen molar-refractivity contribution in [3.8, 4) is 6.07 Å². The molecule has 19 heavy (non-hydrogen) atoms. The maximum atomic E-state index is 8.87. The second-order valence-electron chi connectivity index (χ2n) is 4.51. The van der Waals surface area contributed by atoms with Gasteiger partial charge in [-0.1, -0.05) is 18.2 Å². The third-order valence-corrected chi connectivity index (χ3v) is 3.26. The highest BCUT2D eigenvalue weighted by Gasteiger charge is 2.20. The Bertz CT molecular complexity index is 609. The lowest BCUT2D eigenvalue weighted by Gasteiger charge is -2.14. The molecule has 2 aromatic rings. The fraction of sp³-hybridized carbons (Fsp3) is 0.286. The Morgan fingerprint density at radius 3 is 3.00 bits per heavy atom. The van der Waals surface area contributed by atoms with Crippen molar-refractivity contribution < 1.29 is 0 Å². The van der Waals surface area contributed by atoms with E-state index in [-0.39, 0.29) is 0 Å². The van der Waals surface area contributed by atoms with Crippen LogP contribution < -0.4 is 10.6 Å². The van der Waals surface area contributed by atoms with E-state index in [1.165, 1.54) is 11.3 Å². The molecule has 5 nitrogen and oxygen atoms in total. The average molecular weight is 253 g/mol. The number of hydrogen-bond donors (Lipinski definition) is 2. The lowest BCUT2D eigenvalue weighted by Crippen LogP contribution is -2.25. The summed E-state index contributed by atoms with van der Waals surface area (Å²) in [7, 11) is 0. The molecule has 2 N–H and O–H groups in total. The molecule has 2 heterocycles. The number of fused-ring (bicyclic) bond motifs is 1. The van der Waals surface area contributed by atoms with Crippen molar-refractivity contribution in [1.29, 1.82) is 5.26 Å². The Labute approximate surface area is 111 Å². The minimum Gasteiger partial charge on any atom is -0.338 e. The van der Waals surface area contributed by atoms with E-state index in [1.807, 2.05) is 30.3 Å². The van der Waals surface area contributed by atoms with Crippen LogP contribution in [0.2, 0.25) is 0 Å². The highest BCUT2D eigenvalue weighted by atomic mass is 15.3. The number of aromatic nitrogens is 2. The number of nitrogens with zero attached hydrogens (tertiary/aromatic N) is 3. The molecule has 1 aromatic heterocycles. The first-order valence-corrected chi connectivity index (χ1v) is 6.37. The van der Waals surface area contributed by atoms with Crippen molar-refractivity contribution in [2.45, 2.75) is 19.5 Å². The SMILES string of the molecule is N#CCn1nc(Nc2ccccc2)c2c1CCNC2. The van der Waals surface area contributed by atoms with Crippen LogP contribution in [0.25, 0.3) is 0 Å². The molecular weight excluding hydrogens is 238 g/mol. The van der Waals surface area contributed by atoms with Crippen LogP contribution in [-0.2, 0) is 19.5 Å². The zero-order valence-electron chi connectivity index (χ0n) is 10.6. The molecule has 0 fully saturated rings. The first-order chi connectivity index (χ1) is 9.38. The second-order valence-corrected chi connectivity index (χ2v) is 4.51. The topological polar surface area (TPSA) is 65.7 Å². The van der Waals surface area contributed by atoms with Crippen LogP contribution in [0.15, 0.2) is 30.3 Å². The second kappa shape index (κ2) is 5.12. The summed E-state index contributed by atoms with van der Waals surface area (Å²) in [4.78, 5) is 0. The van der Waals surface area contributed by atoms with Crippen LogP contribution in [0.4, 0.5) is 11.5 Å². The van der Waals surface area contributed by atoms with Crippen molar-refractivity contribution in [3.05, 3.63) is 41.6 Å². The van der Waals surface area contributed by atoms with Gasteiger partial charge in [0.2, 0.25) is 0 Å². The molecule has 1 aliphatic rings. The monoisotopic (exact) mass is 253 g/mol. The Hall–Kier alpha value is -2.32. The fourth-order valence-corrected chi connectivity index (χ4v) is 2.38. The summed E-state index contributed by atoms with van der Waals surface area (Å²) in [5.41, 5.74) is 3.35. The summed E-state index contributed by atoms with van der Waals surface area (Å²) in [6.07, 6.45) is 0.917. The van der Waals surface area contributed by atoms with Gasteiger partial charge in [0, 0.05) is 36.5 Å². The van der Waals surface area contributed by atoms with Crippen molar-refractivity contribution in [3.63, 3.8) is 0 Å². The predicted octanol–water partition coefficient (Wildman–Crippen LogP) is 1.80. The first kappa shape index (κ1) is 11.8. The first-order valence-electron chi connectivity index (χ1n) is 6.37. The van der Waals surface area contributed by atoms with Gasteiger partial charge >= 0.3 is 0 Å². The van der Waals surface area contributed by atoms with Crippen LogP contribution in [0, 0.1) is 11.3 Å². The summed E-state index contributed by atoms with van der Waals surface area (Å²) < 4.78 is 1.81. The number of benzene rings is 1. The molecule has 0 bridgehead atoms. The highest BCUT2D eigenvalue weighted by Crippen LogP contribution is 2.25. The molecule has 0 aliphatic carbocycles. The Morgan fingerprint density at radius 1 is 1.37 bits per heavy atom.